The predicted molar refractivity (Wildman–Crippen MR) is 135 cm³/mol. The molecule has 0 unspecified atom stereocenters. The lowest BCUT2D eigenvalue weighted by Crippen LogP contribution is -2.38. The number of hydrogen-bond acceptors (Lipinski definition) is 4. The molecule has 10 heteroatoms. The summed E-state index contributed by atoms with van der Waals surface area (Å²) in [6.45, 7) is 3.66. The van der Waals surface area contributed by atoms with Crippen LogP contribution in [0.1, 0.15) is 18.1 Å². The van der Waals surface area contributed by atoms with E-state index in [9.17, 15) is 8.42 Å². The van der Waals surface area contributed by atoms with Gasteiger partial charge in [0.05, 0.1) is 25.6 Å². The second-order valence-corrected chi connectivity index (χ2v) is 8.52. The number of aliphatic imine (C=N–C) groups is 1. The maximum atomic E-state index is 11.5. The van der Waals surface area contributed by atoms with E-state index in [2.05, 4.69) is 20.3 Å². The summed E-state index contributed by atoms with van der Waals surface area (Å²) in [5, 5.41) is 7.12. The van der Waals surface area contributed by atoms with Gasteiger partial charge in [0.15, 0.2) is 5.96 Å². The zero-order chi connectivity index (χ0) is 21.3. The molecular weight excluding hydrogens is 539 g/mol. The number of rotatable bonds is 9. The van der Waals surface area contributed by atoms with Crippen molar-refractivity contribution in [3.05, 3.63) is 58.6 Å². The summed E-state index contributed by atoms with van der Waals surface area (Å²) in [5.41, 5.74) is 2.33. The van der Waals surface area contributed by atoms with Crippen LogP contribution in [0.5, 0.6) is 5.75 Å². The number of hydrogen-bond donors (Lipinski definition) is 3. The Hall–Kier alpha value is -1.72. The highest BCUT2D eigenvalue weighted by molar-refractivity contribution is 14.0. The Morgan fingerprint density at radius 2 is 1.87 bits per heavy atom. The molecule has 3 N–H and O–H groups in total. The third-order valence-corrected chi connectivity index (χ3v) is 4.95. The maximum absolute atomic E-state index is 11.5. The van der Waals surface area contributed by atoms with Crippen molar-refractivity contribution in [2.45, 2.75) is 19.9 Å². The van der Waals surface area contributed by atoms with Crippen LogP contribution in [0.4, 0.5) is 5.69 Å². The van der Waals surface area contributed by atoms with E-state index in [-0.39, 0.29) is 24.0 Å². The Labute approximate surface area is 200 Å². The van der Waals surface area contributed by atoms with Gasteiger partial charge in [0, 0.05) is 18.1 Å². The first kappa shape index (κ1) is 26.3. The lowest BCUT2D eigenvalue weighted by atomic mass is 10.1. The zero-order valence-electron chi connectivity index (χ0n) is 17.2. The smallest absolute Gasteiger partial charge is 0.229 e. The van der Waals surface area contributed by atoms with E-state index in [0.717, 1.165) is 29.6 Å². The van der Waals surface area contributed by atoms with Crippen LogP contribution in [0, 0.1) is 0 Å². The third kappa shape index (κ3) is 8.97. The van der Waals surface area contributed by atoms with E-state index in [0.29, 0.717) is 36.3 Å². The molecule has 0 amide bonds. The summed E-state index contributed by atoms with van der Waals surface area (Å²) in [6.07, 6.45) is 1.85. The van der Waals surface area contributed by atoms with E-state index < -0.39 is 10.0 Å². The molecule has 0 spiro atoms. The lowest BCUT2D eigenvalue weighted by Gasteiger charge is -2.13. The van der Waals surface area contributed by atoms with Crippen LogP contribution in [0.25, 0.3) is 0 Å². The number of nitrogens with one attached hydrogen (secondary N) is 3. The number of benzene rings is 2. The van der Waals surface area contributed by atoms with Crippen molar-refractivity contribution >= 4 is 57.2 Å². The van der Waals surface area contributed by atoms with Gasteiger partial charge in [-0.2, -0.15) is 0 Å². The van der Waals surface area contributed by atoms with Gasteiger partial charge < -0.3 is 15.4 Å². The molecule has 0 bridgehead atoms. The van der Waals surface area contributed by atoms with Crippen molar-refractivity contribution in [1.82, 2.24) is 10.6 Å². The largest absolute Gasteiger partial charge is 0.497 e. The minimum Gasteiger partial charge on any atom is -0.497 e. The van der Waals surface area contributed by atoms with Crippen LogP contribution < -0.4 is 20.1 Å². The molecule has 7 nitrogen and oxygen atoms in total. The molecule has 0 saturated carbocycles. The van der Waals surface area contributed by atoms with Gasteiger partial charge in [-0.15, -0.1) is 24.0 Å². The number of guanidine groups is 1. The molecule has 0 aromatic heterocycles. The maximum Gasteiger partial charge on any atom is 0.229 e. The molecule has 166 valence electrons. The Balaban J connectivity index is 0.00000450. The molecule has 0 fully saturated rings. The van der Waals surface area contributed by atoms with E-state index in [1.54, 1.807) is 25.3 Å². The van der Waals surface area contributed by atoms with Crippen LogP contribution >= 0.6 is 35.6 Å². The number of halogens is 2. The first-order chi connectivity index (χ1) is 13.8. The first-order valence-electron chi connectivity index (χ1n) is 9.22. The zero-order valence-corrected chi connectivity index (χ0v) is 21.1. The first-order valence-corrected chi connectivity index (χ1v) is 11.5. The van der Waals surface area contributed by atoms with Gasteiger partial charge in [-0.25, -0.2) is 13.4 Å². The molecule has 0 radical (unpaired) electrons. The standard InChI is InChI=1S/C20H27ClN4O3S.HI/c1-4-22-20(23-12-11-15-9-10-17(28-2)13-18(15)21)24-14-16-7-5-6-8-19(16)25-29(3,26)27;/h5-10,13,25H,4,11-12,14H2,1-3H3,(H2,22,23,24);1H. The normalized spacial score (nSPS) is 11.4. The minimum atomic E-state index is -3.35. The van der Waals surface area contributed by atoms with Crippen LogP contribution in [0.15, 0.2) is 47.5 Å². The molecule has 0 heterocycles. The minimum absolute atomic E-state index is 0. The van der Waals surface area contributed by atoms with Gasteiger partial charge in [0.25, 0.3) is 0 Å². The second-order valence-electron chi connectivity index (χ2n) is 6.36. The molecule has 0 atom stereocenters. The second kappa shape index (κ2) is 12.9. The van der Waals surface area contributed by atoms with Gasteiger partial charge in [-0.05, 0) is 42.7 Å². The molecule has 2 rings (SSSR count). The molecule has 0 saturated heterocycles. The Morgan fingerprint density at radius 1 is 1.13 bits per heavy atom. The van der Waals surface area contributed by atoms with Crippen molar-refractivity contribution in [1.29, 1.82) is 0 Å². The van der Waals surface area contributed by atoms with Crippen LogP contribution in [0.3, 0.4) is 0 Å². The molecular formula is C20H28ClIN4O3S. The van der Waals surface area contributed by atoms with Gasteiger partial charge >= 0.3 is 0 Å². The molecule has 30 heavy (non-hydrogen) atoms. The van der Waals surface area contributed by atoms with Gasteiger partial charge in [-0.3, -0.25) is 4.72 Å². The summed E-state index contributed by atoms with van der Waals surface area (Å²) in [7, 11) is -1.75. The monoisotopic (exact) mass is 566 g/mol. The number of nitrogens with zero attached hydrogens (tertiary/aromatic N) is 1. The highest BCUT2D eigenvalue weighted by Gasteiger charge is 2.07. The SMILES string of the molecule is CCNC(=NCc1ccccc1NS(C)(=O)=O)NCCc1ccc(OC)cc1Cl.I. The Kier molecular flexibility index (Phi) is 11.3. The van der Waals surface area contributed by atoms with Crippen molar-refractivity contribution in [3.63, 3.8) is 0 Å². The number of methoxy groups -OCH3 is 1. The Morgan fingerprint density at radius 3 is 2.50 bits per heavy atom. The fourth-order valence-corrected chi connectivity index (χ4v) is 3.50. The van der Waals surface area contributed by atoms with Crippen LogP contribution in [-0.4, -0.2) is 40.8 Å². The summed E-state index contributed by atoms with van der Waals surface area (Å²) in [5.74, 6) is 1.37. The van der Waals surface area contributed by atoms with Crippen molar-refractivity contribution in [2.24, 2.45) is 4.99 Å². The number of ether oxygens (including phenoxy) is 1. The molecule has 0 aliphatic carbocycles. The predicted octanol–water partition coefficient (Wildman–Crippen LogP) is 3.64. The van der Waals surface area contributed by atoms with Crippen LogP contribution in [-0.2, 0) is 23.0 Å². The topological polar surface area (TPSA) is 91.8 Å². The third-order valence-electron chi connectivity index (χ3n) is 4.01. The lowest BCUT2D eigenvalue weighted by molar-refractivity contribution is 0.414. The van der Waals surface area contributed by atoms with Crippen molar-refractivity contribution < 1.29 is 13.2 Å². The van der Waals surface area contributed by atoms with Gasteiger partial charge in [-0.1, -0.05) is 35.9 Å². The number of para-hydroxylation sites is 1. The average molecular weight is 567 g/mol. The van der Waals surface area contributed by atoms with E-state index in [4.69, 9.17) is 16.3 Å². The molecule has 2 aromatic carbocycles. The Bertz CT molecular complexity index is 955. The summed E-state index contributed by atoms with van der Waals surface area (Å²) in [6, 6.07) is 12.8. The summed E-state index contributed by atoms with van der Waals surface area (Å²) >= 11 is 6.29. The van der Waals surface area contributed by atoms with Gasteiger partial charge in [0.1, 0.15) is 5.75 Å². The summed E-state index contributed by atoms with van der Waals surface area (Å²) < 4.78 is 30.8. The number of anilines is 1. The fourth-order valence-electron chi connectivity index (χ4n) is 2.64. The average Bonchev–Trinajstić information content (AvgIpc) is 2.67. The summed E-state index contributed by atoms with van der Waals surface area (Å²) in [4.78, 5) is 4.56. The van der Waals surface area contributed by atoms with E-state index >= 15 is 0 Å². The van der Waals surface area contributed by atoms with Crippen molar-refractivity contribution in [2.75, 3.05) is 31.2 Å². The molecule has 2 aromatic rings. The fraction of sp³-hybridized carbons (Fsp3) is 0.350. The highest BCUT2D eigenvalue weighted by Crippen LogP contribution is 2.22. The quantitative estimate of drug-likeness (QED) is 0.245. The van der Waals surface area contributed by atoms with Gasteiger partial charge in [0.2, 0.25) is 10.0 Å². The molecule has 0 aliphatic heterocycles. The van der Waals surface area contributed by atoms with E-state index in [1.165, 1.54) is 0 Å². The highest BCUT2D eigenvalue weighted by atomic mass is 127. The number of sulfonamides is 1. The van der Waals surface area contributed by atoms with Crippen LogP contribution in [0.2, 0.25) is 5.02 Å². The van der Waals surface area contributed by atoms with E-state index in [1.807, 2.05) is 31.2 Å². The van der Waals surface area contributed by atoms with Crippen molar-refractivity contribution in [3.8, 4) is 5.75 Å². The molecule has 0 aliphatic rings.